The minimum Gasteiger partial charge on any atom is -0.456 e. The zero-order chi connectivity index (χ0) is 19.9. The van der Waals surface area contributed by atoms with E-state index in [4.69, 9.17) is 16.3 Å². The Bertz CT molecular complexity index is 827. The SMILES string of the molecule is N#CC1(NC(=O)COC(=O)CCNS(=O)(=O)c2ccc(Cl)cc2)CCCC1. The van der Waals surface area contributed by atoms with E-state index >= 15 is 0 Å². The van der Waals surface area contributed by atoms with E-state index in [1.165, 1.54) is 24.3 Å². The van der Waals surface area contributed by atoms with Crippen LogP contribution in [0.3, 0.4) is 0 Å². The van der Waals surface area contributed by atoms with Gasteiger partial charge in [0.15, 0.2) is 6.61 Å². The van der Waals surface area contributed by atoms with Gasteiger partial charge in [-0.1, -0.05) is 11.6 Å². The number of rotatable bonds is 8. The van der Waals surface area contributed by atoms with Gasteiger partial charge >= 0.3 is 5.97 Å². The lowest BCUT2D eigenvalue weighted by molar-refractivity contribution is -0.148. The summed E-state index contributed by atoms with van der Waals surface area (Å²) < 4.78 is 31.2. The van der Waals surface area contributed by atoms with E-state index in [9.17, 15) is 23.3 Å². The fourth-order valence-corrected chi connectivity index (χ4v) is 3.91. The maximum absolute atomic E-state index is 12.1. The Balaban J connectivity index is 1.72. The van der Waals surface area contributed by atoms with Gasteiger partial charge in [-0.3, -0.25) is 9.59 Å². The molecule has 0 saturated heterocycles. The van der Waals surface area contributed by atoms with Crippen molar-refractivity contribution in [3.8, 4) is 6.07 Å². The molecule has 2 N–H and O–H groups in total. The van der Waals surface area contributed by atoms with Gasteiger partial charge in [-0.05, 0) is 49.9 Å². The van der Waals surface area contributed by atoms with E-state index in [-0.39, 0.29) is 17.9 Å². The van der Waals surface area contributed by atoms with Crippen LogP contribution in [-0.2, 0) is 24.3 Å². The number of carbonyl (C=O) groups excluding carboxylic acids is 2. The van der Waals surface area contributed by atoms with Crippen LogP contribution in [0, 0.1) is 11.3 Å². The predicted molar refractivity (Wildman–Crippen MR) is 97.2 cm³/mol. The number of esters is 1. The van der Waals surface area contributed by atoms with Crippen molar-refractivity contribution in [1.82, 2.24) is 10.0 Å². The highest BCUT2D eigenvalue weighted by Gasteiger charge is 2.35. The molecular formula is C17H20ClN3O5S. The molecule has 0 aromatic heterocycles. The van der Waals surface area contributed by atoms with Crippen LogP contribution in [-0.4, -0.2) is 39.0 Å². The maximum Gasteiger partial charge on any atom is 0.307 e. The van der Waals surface area contributed by atoms with E-state index in [0.29, 0.717) is 17.9 Å². The number of nitriles is 1. The summed E-state index contributed by atoms with van der Waals surface area (Å²) in [4.78, 5) is 23.6. The lowest BCUT2D eigenvalue weighted by Crippen LogP contribution is -2.46. The number of halogens is 1. The predicted octanol–water partition coefficient (Wildman–Crippen LogP) is 1.50. The standard InChI is InChI=1S/C17H20ClN3O5S/c18-13-3-5-14(6-4-13)27(24,25)20-10-7-16(23)26-11-15(22)21-17(12-19)8-1-2-9-17/h3-6,20H,1-2,7-11H2,(H,21,22). The minimum absolute atomic E-state index is 0.0259. The normalized spacial score (nSPS) is 15.7. The zero-order valence-corrected chi connectivity index (χ0v) is 16.1. The molecule has 1 saturated carbocycles. The van der Waals surface area contributed by atoms with Crippen LogP contribution in [0.25, 0.3) is 0 Å². The van der Waals surface area contributed by atoms with Crippen molar-refractivity contribution in [3.63, 3.8) is 0 Å². The molecule has 1 aliphatic carbocycles. The van der Waals surface area contributed by atoms with Crippen molar-refractivity contribution >= 4 is 33.5 Å². The van der Waals surface area contributed by atoms with Crippen molar-refractivity contribution < 1.29 is 22.7 Å². The van der Waals surface area contributed by atoms with Crippen molar-refractivity contribution in [3.05, 3.63) is 29.3 Å². The number of sulfonamides is 1. The summed E-state index contributed by atoms with van der Waals surface area (Å²) in [6.07, 6.45) is 2.65. The number of hydrogen-bond donors (Lipinski definition) is 2. The third kappa shape index (κ3) is 6.20. The number of ether oxygens (including phenoxy) is 1. The van der Waals surface area contributed by atoms with Crippen molar-refractivity contribution in [2.45, 2.75) is 42.5 Å². The lowest BCUT2D eigenvalue weighted by Gasteiger charge is -2.21. The molecule has 2 rings (SSSR count). The molecule has 0 aliphatic heterocycles. The topological polar surface area (TPSA) is 125 Å². The Labute approximate surface area is 162 Å². The van der Waals surface area contributed by atoms with Crippen molar-refractivity contribution in [1.29, 1.82) is 5.26 Å². The Kier molecular flexibility index (Phi) is 7.18. The van der Waals surface area contributed by atoms with Crippen LogP contribution in [0.4, 0.5) is 0 Å². The molecule has 1 aliphatic rings. The highest BCUT2D eigenvalue weighted by atomic mass is 35.5. The maximum atomic E-state index is 12.1. The van der Waals surface area contributed by atoms with E-state index in [1.807, 2.05) is 0 Å². The molecule has 1 aromatic rings. The Morgan fingerprint density at radius 3 is 2.44 bits per heavy atom. The first kappa shape index (κ1) is 21.2. The first-order chi connectivity index (χ1) is 12.8. The second-order valence-electron chi connectivity index (χ2n) is 6.21. The van der Waals surface area contributed by atoms with Crippen LogP contribution < -0.4 is 10.0 Å². The van der Waals surface area contributed by atoms with E-state index in [1.54, 1.807) is 0 Å². The Morgan fingerprint density at radius 2 is 1.85 bits per heavy atom. The summed E-state index contributed by atoms with van der Waals surface area (Å²) in [5, 5.41) is 12.2. The van der Waals surface area contributed by atoms with Crippen LogP contribution >= 0.6 is 11.6 Å². The van der Waals surface area contributed by atoms with Gasteiger partial charge in [0, 0.05) is 11.6 Å². The molecule has 1 fully saturated rings. The van der Waals surface area contributed by atoms with Gasteiger partial charge in [0.25, 0.3) is 5.91 Å². The second-order valence-corrected chi connectivity index (χ2v) is 8.41. The molecule has 1 amide bonds. The van der Waals surface area contributed by atoms with Gasteiger partial charge in [-0.2, -0.15) is 5.26 Å². The summed E-state index contributed by atoms with van der Waals surface area (Å²) in [7, 11) is -3.76. The molecule has 0 unspecified atom stereocenters. The van der Waals surface area contributed by atoms with Gasteiger partial charge in [0.05, 0.1) is 17.4 Å². The summed E-state index contributed by atoms with van der Waals surface area (Å²) in [5.74, 6) is -1.27. The summed E-state index contributed by atoms with van der Waals surface area (Å²) in [6.45, 7) is -0.681. The van der Waals surface area contributed by atoms with Gasteiger partial charge in [0.2, 0.25) is 10.0 Å². The van der Waals surface area contributed by atoms with Crippen molar-refractivity contribution in [2.24, 2.45) is 0 Å². The molecule has 0 radical (unpaired) electrons. The Morgan fingerprint density at radius 1 is 1.22 bits per heavy atom. The van der Waals surface area contributed by atoms with Crippen LogP contribution in [0.5, 0.6) is 0 Å². The number of benzene rings is 1. The molecular weight excluding hydrogens is 394 g/mol. The van der Waals surface area contributed by atoms with E-state index in [2.05, 4.69) is 16.1 Å². The molecule has 146 valence electrons. The van der Waals surface area contributed by atoms with Crippen LogP contribution in [0.1, 0.15) is 32.1 Å². The third-order valence-corrected chi connectivity index (χ3v) is 5.89. The summed E-state index contributed by atoms with van der Waals surface area (Å²) >= 11 is 5.71. The van der Waals surface area contributed by atoms with Crippen LogP contribution in [0.15, 0.2) is 29.2 Å². The van der Waals surface area contributed by atoms with Gasteiger partial charge in [-0.25, -0.2) is 13.1 Å². The summed E-state index contributed by atoms with van der Waals surface area (Å²) in [6, 6.07) is 7.70. The number of hydrogen-bond acceptors (Lipinski definition) is 6. The first-order valence-electron chi connectivity index (χ1n) is 8.39. The van der Waals surface area contributed by atoms with E-state index < -0.39 is 34.0 Å². The molecule has 0 bridgehead atoms. The largest absolute Gasteiger partial charge is 0.456 e. The monoisotopic (exact) mass is 413 g/mol. The first-order valence-corrected chi connectivity index (χ1v) is 10.3. The quantitative estimate of drug-likeness (QED) is 0.622. The average Bonchev–Trinajstić information content (AvgIpc) is 3.09. The molecule has 0 spiro atoms. The molecule has 0 atom stereocenters. The average molecular weight is 414 g/mol. The van der Waals surface area contributed by atoms with E-state index in [0.717, 1.165) is 12.8 Å². The fraction of sp³-hybridized carbons (Fsp3) is 0.471. The highest BCUT2D eigenvalue weighted by molar-refractivity contribution is 7.89. The zero-order valence-electron chi connectivity index (χ0n) is 14.5. The van der Waals surface area contributed by atoms with Gasteiger partial charge in [0.1, 0.15) is 5.54 Å². The van der Waals surface area contributed by atoms with Gasteiger partial charge in [-0.15, -0.1) is 0 Å². The number of amides is 1. The smallest absolute Gasteiger partial charge is 0.307 e. The molecule has 27 heavy (non-hydrogen) atoms. The Hall–Kier alpha value is -2.15. The molecule has 1 aromatic carbocycles. The molecule has 0 heterocycles. The fourth-order valence-electron chi connectivity index (χ4n) is 2.75. The lowest BCUT2D eigenvalue weighted by atomic mass is 10.00. The third-order valence-electron chi connectivity index (χ3n) is 4.16. The number of carbonyl (C=O) groups is 2. The van der Waals surface area contributed by atoms with Crippen molar-refractivity contribution in [2.75, 3.05) is 13.2 Å². The second kappa shape index (κ2) is 9.17. The number of nitrogens with zero attached hydrogens (tertiary/aromatic N) is 1. The van der Waals surface area contributed by atoms with Crippen LogP contribution in [0.2, 0.25) is 5.02 Å². The minimum atomic E-state index is -3.76. The molecule has 8 nitrogen and oxygen atoms in total. The highest BCUT2D eigenvalue weighted by Crippen LogP contribution is 2.28. The number of nitrogens with one attached hydrogen (secondary N) is 2. The van der Waals surface area contributed by atoms with Gasteiger partial charge < -0.3 is 10.1 Å². The summed E-state index contributed by atoms with van der Waals surface area (Å²) in [5.41, 5.74) is -0.877. The molecule has 10 heteroatoms.